The summed E-state index contributed by atoms with van der Waals surface area (Å²) in [6, 6.07) is 15.3. The second-order valence-corrected chi connectivity index (χ2v) is 4.91. The molecule has 0 bridgehead atoms. The first-order chi connectivity index (χ1) is 10.2. The highest BCUT2D eigenvalue weighted by molar-refractivity contribution is 5.98. The van der Waals surface area contributed by atoms with E-state index in [0.717, 1.165) is 12.0 Å². The van der Waals surface area contributed by atoms with Gasteiger partial charge < -0.3 is 9.47 Å². The molecule has 0 aliphatic heterocycles. The van der Waals surface area contributed by atoms with E-state index in [1.165, 1.54) is 5.56 Å². The molecule has 2 aromatic rings. The third kappa shape index (κ3) is 4.43. The van der Waals surface area contributed by atoms with Gasteiger partial charge in [0.2, 0.25) is 0 Å². The van der Waals surface area contributed by atoms with Crippen LogP contribution in [0.2, 0.25) is 0 Å². The highest BCUT2D eigenvalue weighted by Gasteiger charge is 2.09. The molecule has 0 saturated carbocycles. The van der Waals surface area contributed by atoms with Crippen molar-refractivity contribution < 1.29 is 14.3 Å². The van der Waals surface area contributed by atoms with Crippen molar-refractivity contribution >= 4 is 5.78 Å². The number of rotatable bonds is 7. The smallest absolute Gasteiger partial charge is 0.200 e. The van der Waals surface area contributed by atoms with Gasteiger partial charge >= 0.3 is 0 Å². The minimum Gasteiger partial charge on any atom is -0.485 e. The van der Waals surface area contributed by atoms with E-state index in [0.29, 0.717) is 17.9 Å². The molecule has 2 rings (SSSR count). The zero-order chi connectivity index (χ0) is 15.1. The lowest BCUT2D eigenvalue weighted by molar-refractivity contribution is 0.0921. The lowest BCUT2D eigenvalue weighted by atomic mass is 10.1. The first kappa shape index (κ1) is 15.3. The monoisotopic (exact) mass is 284 g/mol. The molecule has 0 spiro atoms. The number of methoxy groups -OCH3 is 1. The van der Waals surface area contributed by atoms with Crippen LogP contribution in [0.25, 0.3) is 0 Å². The SMILES string of the molecule is COCCc1ccc(OCC(=O)c2ccccc2C)cc1. The molecule has 110 valence electrons. The lowest BCUT2D eigenvalue weighted by Gasteiger charge is -2.08. The Hall–Kier alpha value is -2.13. The third-order valence-electron chi connectivity index (χ3n) is 3.33. The summed E-state index contributed by atoms with van der Waals surface area (Å²) in [7, 11) is 1.69. The molecule has 21 heavy (non-hydrogen) atoms. The molecule has 0 heterocycles. The van der Waals surface area contributed by atoms with Crippen LogP contribution in [0.3, 0.4) is 0 Å². The van der Waals surface area contributed by atoms with Crippen molar-refractivity contribution in [2.75, 3.05) is 20.3 Å². The van der Waals surface area contributed by atoms with Crippen LogP contribution < -0.4 is 4.74 Å². The van der Waals surface area contributed by atoms with Crippen LogP contribution in [0.5, 0.6) is 5.75 Å². The van der Waals surface area contributed by atoms with E-state index in [4.69, 9.17) is 9.47 Å². The molecule has 0 unspecified atom stereocenters. The predicted molar refractivity (Wildman–Crippen MR) is 83.0 cm³/mol. The zero-order valence-corrected chi connectivity index (χ0v) is 12.5. The van der Waals surface area contributed by atoms with Gasteiger partial charge in [0.05, 0.1) is 6.61 Å². The van der Waals surface area contributed by atoms with Crippen molar-refractivity contribution in [2.45, 2.75) is 13.3 Å². The van der Waals surface area contributed by atoms with E-state index in [1.54, 1.807) is 7.11 Å². The Morgan fingerprint density at radius 3 is 2.43 bits per heavy atom. The highest BCUT2D eigenvalue weighted by atomic mass is 16.5. The Kier molecular flexibility index (Phi) is 5.52. The minimum absolute atomic E-state index is 0.00319. The average molecular weight is 284 g/mol. The van der Waals surface area contributed by atoms with Crippen LogP contribution in [0.15, 0.2) is 48.5 Å². The fourth-order valence-corrected chi connectivity index (χ4v) is 2.08. The summed E-state index contributed by atoms with van der Waals surface area (Å²) < 4.78 is 10.6. The molecule has 0 amide bonds. The topological polar surface area (TPSA) is 35.5 Å². The normalized spacial score (nSPS) is 10.4. The molecule has 0 aromatic heterocycles. The number of benzene rings is 2. The van der Waals surface area contributed by atoms with Gasteiger partial charge in [0.25, 0.3) is 0 Å². The van der Waals surface area contributed by atoms with Gasteiger partial charge in [0, 0.05) is 12.7 Å². The molecule has 0 aliphatic carbocycles. The first-order valence-electron chi connectivity index (χ1n) is 7.00. The summed E-state index contributed by atoms with van der Waals surface area (Å²) in [5, 5.41) is 0. The van der Waals surface area contributed by atoms with Gasteiger partial charge in [0.15, 0.2) is 12.4 Å². The highest BCUT2D eigenvalue weighted by Crippen LogP contribution is 2.14. The van der Waals surface area contributed by atoms with Gasteiger partial charge in [-0.1, -0.05) is 36.4 Å². The molecule has 0 atom stereocenters. The quantitative estimate of drug-likeness (QED) is 0.731. The largest absolute Gasteiger partial charge is 0.485 e. The average Bonchev–Trinajstić information content (AvgIpc) is 2.52. The van der Waals surface area contributed by atoms with Crippen molar-refractivity contribution in [3.8, 4) is 5.75 Å². The minimum atomic E-state index is -0.00319. The summed E-state index contributed by atoms with van der Waals surface area (Å²) in [6.45, 7) is 2.69. The van der Waals surface area contributed by atoms with Crippen molar-refractivity contribution in [1.29, 1.82) is 0 Å². The fraction of sp³-hybridized carbons (Fsp3) is 0.278. The van der Waals surface area contributed by atoms with E-state index in [1.807, 2.05) is 55.5 Å². The lowest BCUT2D eigenvalue weighted by Crippen LogP contribution is -2.12. The maximum absolute atomic E-state index is 12.1. The number of ketones is 1. The van der Waals surface area contributed by atoms with Gasteiger partial charge in [-0.05, 0) is 36.6 Å². The summed E-state index contributed by atoms with van der Waals surface area (Å²) in [4.78, 5) is 12.1. The van der Waals surface area contributed by atoms with E-state index < -0.39 is 0 Å². The van der Waals surface area contributed by atoms with E-state index in [-0.39, 0.29) is 12.4 Å². The molecular weight excluding hydrogens is 264 g/mol. The van der Waals surface area contributed by atoms with Crippen LogP contribution in [-0.4, -0.2) is 26.1 Å². The Morgan fingerprint density at radius 1 is 1.05 bits per heavy atom. The molecule has 3 nitrogen and oxygen atoms in total. The van der Waals surface area contributed by atoms with Crippen molar-refractivity contribution in [3.63, 3.8) is 0 Å². The summed E-state index contributed by atoms with van der Waals surface area (Å²) in [5.74, 6) is 0.703. The maximum atomic E-state index is 12.1. The fourth-order valence-electron chi connectivity index (χ4n) is 2.08. The van der Waals surface area contributed by atoms with E-state index in [2.05, 4.69) is 0 Å². The van der Waals surface area contributed by atoms with Gasteiger partial charge in [0.1, 0.15) is 5.75 Å². The van der Waals surface area contributed by atoms with Crippen LogP contribution >= 0.6 is 0 Å². The molecule has 0 N–H and O–H groups in total. The van der Waals surface area contributed by atoms with Gasteiger partial charge in [-0.15, -0.1) is 0 Å². The van der Waals surface area contributed by atoms with Crippen LogP contribution in [0, 0.1) is 6.92 Å². The first-order valence-corrected chi connectivity index (χ1v) is 7.00. The zero-order valence-electron chi connectivity index (χ0n) is 12.5. The molecule has 0 aliphatic rings. The number of hydrogen-bond acceptors (Lipinski definition) is 3. The molecule has 3 heteroatoms. The van der Waals surface area contributed by atoms with Gasteiger partial charge in [-0.25, -0.2) is 0 Å². The predicted octanol–water partition coefficient (Wildman–Crippen LogP) is 3.45. The molecule has 0 fully saturated rings. The number of Topliss-reactive ketones (excluding diaryl/α,β-unsaturated/α-hetero) is 1. The second kappa shape index (κ2) is 7.60. The third-order valence-corrected chi connectivity index (χ3v) is 3.33. The number of carbonyl (C=O) groups excluding carboxylic acids is 1. The Labute approximate surface area is 125 Å². The second-order valence-electron chi connectivity index (χ2n) is 4.91. The van der Waals surface area contributed by atoms with E-state index in [9.17, 15) is 4.79 Å². The molecule has 2 aromatic carbocycles. The van der Waals surface area contributed by atoms with Gasteiger partial charge in [-0.2, -0.15) is 0 Å². The summed E-state index contributed by atoms with van der Waals surface area (Å²) >= 11 is 0. The van der Waals surface area contributed by atoms with Crippen LogP contribution in [0.1, 0.15) is 21.5 Å². The number of aryl methyl sites for hydroxylation is 1. The maximum Gasteiger partial charge on any atom is 0.200 e. The van der Waals surface area contributed by atoms with Crippen LogP contribution in [-0.2, 0) is 11.2 Å². The molecule has 0 saturated heterocycles. The standard InChI is InChI=1S/C18H20O3/c1-14-5-3-4-6-17(14)18(19)13-21-16-9-7-15(8-10-16)11-12-20-2/h3-10H,11-13H2,1-2H3. The van der Waals surface area contributed by atoms with Crippen molar-refractivity contribution in [3.05, 3.63) is 65.2 Å². The van der Waals surface area contributed by atoms with Crippen molar-refractivity contribution in [2.24, 2.45) is 0 Å². The number of carbonyl (C=O) groups is 1. The molecule has 0 radical (unpaired) electrons. The summed E-state index contributed by atoms with van der Waals surface area (Å²) in [5.41, 5.74) is 2.88. The van der Waals surface area contributed by atoms with Crippen molar-refractivity contribution in [1.82, 2.24) is 0 Å². The molecular formula is C18H20O3. The Morgan fingerprint density at radius 2 is 1.76 bits per heavy atom. The number of ether oxygens (including phenoxy) is 2. The Balaban J connectivity index is 1.91. The summed E-state index contributed by atoms with van der Waals surface area (Å²) in [6.07, 6.45) is 0.874. The Bertz CT molecular complexity index is 588. The van der Waals surface area contributed by atoms with Gasteiger partial charge in [-0.3, -0.25) is 4.79 Å². The van der Waals surface area contributed by atoms with Crippen LogP contribution in [0.4, 0.5) is 0 Å². The number of hydrogen-bond donors (Lipinski definition) is 0. The van der Waals surface area contributed by atoms with E-state index >= 15 is 0 Å².